The number of hydrogen-bond acceptors (Lipinski definition) is 4. The number of carboxylic acid groups (broad SMARTS) is 1. The van der Waals surface area contributed by atoms with Crippen LogP contribution < -0.4 is 0 Å². The highest BCUT2D eigenvalue weighted by molar-refractivity contribution is 5.66. The van der Waals surface area contributed by atoms with Crippen LogP contribution in [-0.4, -0.2) is 44.7 Å². The van der Waals surface area contributed by atoms with Gasteiger partial charge >= 0.3 is 5.97 Å². The second kappa shape index (κ2) is 14.1. The molecule has 0 saturated heterocycles. The summed E-state index contributed by atoms with van der Waals surface area (Å²) in [5, 5.41) is 38.8. The quantitative estimate of drug-likeness (QED) is 0.285. The number of rotatable bonds is 13. The molecule has 7 heteroatoms. The van der Waals surface area contributed by atoms with Crippen molar-refractivity contribution in [3.05, 3.63) is 35.4 Å². The highest BCUT2D eigenvalue weighted by Gasteiger charge is 2.18. The van der Waals surface area contributed by atoms with Crippen LogP contribution in [0.5, 0.6) is 0 Å². The first-order valence-electron chi connectivity index (χ1n) is 10.4. The van der Waals surface area contributed by atoms with Crippen LogP contribution in [0.25, 0.3) is 0 Å². The average Bonchev–Trinajstić information content (AvgIpc) is 2.69. The maximum Gasteiger partial charge on any atom is 0.303 e. The van der Waals surface area contributed by atoms with Crippen LogP contribution in [0.15, 0.2) is 18.2 Å². The monoisotopic (exact) mass is 426 g/mol. The Morgan fingerprint density at radius 2 is 1.70 bits per heavy atom. The summed E-state index contributed by atoms with van der Waals surface area (Å²) in [7, 11) is 0. The molecule has 30 heavy (non-hydrogen) atoms. The van der Waals surface area contributed by atoms with Crippen LogP contribution in [0.1, 0.15) is 70.3 Å². The van der Waals surface area contributed by atoms with Crippen molar-refractivity contribution in [1.82, 2.24) is 0 Å². The van der Waals surface area contributed by atoms with E-state index in [4.69, 9.17) is 5.11 Å². The van der Waals surface area contributed by atoms with Crippen molar-refractivity contribution < 1.29 is 34.0 Å². The molecule has 0 bridgehead atoms. The van der Waals surface area contributed by atoms with Gasteiger partial charge in [-0.25, -0.2) is 8.78 Å². The van der Waals surface area contributed by atoms with Crippen LogP contribution in [0.2, 0.25) is 0 Å². The molecule has 0 aliphatic carbocycles. The molecule has 0 aromatic heterocycles. The minimum absolute atomic E-state index is 0.0113. The zero-order valence-electron chi connectivity index (χ0n) is 17.4. The van der Waals surface area contributed by atoms with E-state index >= 15 is 0 Å². The van der Waals surface area contributed by atoms with Crippen LogP contribution in [0, 0.1) is 29.4 Å². The Morgan fingerprint density at radius 1 is 1.00 bits per heavy atom. The number of aliphatic hydroxyl groups excluding tert-OH is 3. The molecule has 4 N–H and O–H groups in total. The molecular weight excluding hydrogens is 394 g/mol. The molecular formula is C23H32F2O5. The molecule has 0 amide bonds. The average molecular weight is 427 g/mol. The van der Waals surface area contributed by atoms with Gasteiger partial charge in [-0.2, -0.15) is 0 Å². The van der Waals surface area contributed by atoms with Crippen LogP contribution in [0.4, 0.5) is 8.78 Å². The molecule has 168 valence electrons. The maximum absolute atomic E-state index is 13.1. The number of hydrogen-bond donors (Lipinski definition) is 4. The number of benzene rings is 1. The van der Waals surface area contributed by atoms with E-state index in [0.717, 1.165) is 37.8 Å². The van der Waals surface area contributed by atoms with Gasteiger partial charge in [0, 0.05) is 12.0 Å². The second-order valence-electron chi connectivity index (χ2n) is 7.77. The number of carboxylic acids is 1. The normalized spacial score (nSPS) is 15.0. The third-order valence-corrected chi connectivity index (χ3v) is 5.05. The summed E-state index contributed by atoms with van der Waals surface area (Å²) in [6.45, 7) is 1.91. The van der Waals surface area contributed by atoms with Gasteiger partial charge in [-0.15, -0.1) is 0 Å². The molecule has 5 nitrogen and oxygen atoms in total. The van der Waals surface area contributed by atoms with Gasteiger partial charge in [0.15, 0.2) is 11.6 Å². The molecule has 1 aromatic carbocycles. The predicted molar refractivity (Wildman–Crippen MR) is 110 cm³/mol. The van der Waals surface area contributed by atoms with Crippen molar-refractivity contribution in [1.29, 1.82) is 0 Å². The Labute approximate surface area is 176 Å². The van der Waals surface area contributed by atoms with Crippen molar-refractivity contribution in [2.75, 3.05) is 0 Å². The Bertz CT molecular complexity index is 713. The summed E-state index contributed by atoms with van der Waals surface area (Å²) < 4.78 is 26.0. The third kappa shape index (κ3) is 11.2. The van der Waals surface area contributed by atoms with Gasteiger partial charge in [-0.1, -0.05) is 38.0 Å². The molecule has 0 fully saturated rings. The van der Waals surface area contributed by atoms with Crippen molar-refractivity contribution >= 4 is 5.97 Å². The van der Waals surface area contributed by atoms with E-state index in [1.165, 1.54) is 6.07 Å². The Balaban J connectivity index is 2.26. The molecule has 1 rings (SSSR count). The minimum atomic E-state index is -1.02. The minimum Gasteiger partial charge on any atom is -0.481 e. The SMILES string of the molecule is C[C@@H](CCCCCCC(=O)O)[C@@H](O)C[C@@H](O)CCC(O)C#Cc1ccc(F)c(F)c1. The van der Waals surface area contributed by atoms with E-state index in [1.54, 1.807) is 0 Å². The summed E-state index contributed by atoms with van der Waals surface area (Å²) in [5.41, 5.74) is 0.251. The van der Waals surface area contributed by atoms with E-state index in [1.807, 2.05) is 6.92 Å². The summed E-state index contributed by atoms with van der Waals surface area (Å²) in [5.74, 6) is 2.36. The molecule has 0 saturated carbocycles. The fraction of sp³-hybridized carbons (Fsp3) is 0.609. The standard InChI is InChI=1S/C23H32F2O5/c1-16(6-4-2-3-5-7-23(29)30)22(28)15-19(27)12-11-18(26)10-8-17-9-13-20(24)21(25)14-17/h9,13-14,16,18-19,22,26-28H,2-7,11-12,15H2,1H3,(H,29,30)/t16-,18?,19-,22-/m0/s1. The predicted octanol–water partition coefficient (Wildman–Crippen LogP) is 3.63. The van der Waals surface area contributed by atoms with Gasteiger partial charge in [0.25, 0.3) is 0 Å². The molecule has 1 unspecified atom stereocenters. The fourth-order valence-corrected chi connectivity index (χ4v) is 3.08. The highest BCUT2D eigenvalue weighted by atomic mass is 19.2. The maximum atomic E-state index is 13.1. The zero-order valence-corrected chi connectivity index (χ0v) is 17.4. The van der Waals surface area contributed by atoms with Crippen LogP contribution in [-0.2, 0) is 4.79 Å². The van der Waals surface area contributed by atoms with E-state index < -0.39 is 35.9 Å². The van der Waals surface area contributed by atoms with Gasteiger partial charge in [-0.05, 0) is 56.2 Å². The lowest BCUT2D eigenvalue weighted by Gasteiger charge is -2.22. The number of aliphatic hydroxyl groups is 3. The van der Waals surface area contributed by atoms with Gasteiger partial charge in [0.1, 0.15) is 6.10 Å². The molecule has 4 atom stereocenters. The number of carbonyl (C=O) groups is 1. The summed E-state index contributed by atoms with van der Waals surface area (Å²) in [6.07, 6.45) is 2.48. The summed E-state index contributed by atoms with van der Waals surface area (Å²) in [6, 6.07) is 3.23. The van der Waals surface area contributed by atoms with Crippen LogP contribution >= 0.6 is 0 Å². The lowest BCUT2D eigenvalue weighted by Crippen LogP contribution is -2.25. The van der Waals surface area contributed by atoms with Gasteiger partial charge < -0.3 is 20.4 Å². The van der Waals surface area contributed by atoms with Gasteiger partial charge in [0.2, 0.25) is 0 Å². The lowest BCUT2D eigenvalue weighted by molar-refractivity contribution is -0.137. The first kappa shape index (κ1) is 26.0. The molecule has 0 aliphatic rings. The topological polar surface area (TPSA) is 98.0 Å². The van der Waals surface area contributed by atoms with Gasteiger partial charge in [0.05, 0.1) is 12.2 Å². The van der Waals surface area contributed by atoms with E-state index in [9.17, 15) is 28.9 Å². The second-order valence-corrected chi connectivity index (χ2v) is 7.77. The van der Waals surface area contributed by atoms with Crippen molar-refractivity contribution in [3.63, 3.8) is 0 Å². The Hall–Kier alpha value is -2.01. The first-order valence-corrected chi connectivity index (χ1v) is 10.4. The van der Waals surface area contributed by atoms with Gasteiger partial charge in [-0.3, -0.25) is 4.79 Å². The number of aliphatic carboxylic acids is 1. The largest absolute Gasteiger partial charge is 0.481 e. The molecule has 0 aliphatic heterocycles. The fourth-order valence-electron chi connectivity index (χ4n) is 3.08. The van der Waals surface area contributed by atoms with E-state index in [2.05, 4.69) is 11.8 Å². The Morgan fingerprint density at radius 3 is 2.37 bits per heavy atom. The smallest absolute Gasteiger partial charge is 0.303 e. The molecule has 0 heterocycles. The zero-order chi connectivity index (χ0) is 22.5. The van der Waals surface area contributed by atoms with Crippen molar-refractivity contribution in [3.8, 4) is 11.8 Å². The van der Waals surface area contributed by atoms with E-state index in [-0.39, 0.29) is 37.2 Å². The van der Waals surface area contributed by atoms with E-state index in [0.29, 0.717) is 6.42 Å². The number of halogens is 2. The van der Waals surface area contributed by atoms with Crippen LogP contribution in [0.3, 0.4) is 0 Å². The first-order chi connectivity index (χ1) is 14.2. The summed E-state index contributed by atoms with van der Waals surface area (Å²) in [4.78, 5) is 10.4. The number of unbranched alkanes of at least 4 members (excludes halogenated alkanes) is 3. The summed E-state index contributed by atoms with van der Waals surface area (Å²) >= 11 is 0. The molecule has 0 spiro atoms. The molecule has 1 aromatic rings. The highest BCUT2D eigenvalue weighted by Crippen LogP contribution is 2.19. The lowest BCUT2D eigenvalue weighted by atomic mass is 9.92. The van der Waals surface area contributed by atoms with Crippen molar-refractivity contribution in [2.24, 2.45) is 5.92 Å². The molecule has 0 radical (unpaired) electrons. The van der Waals surface area contributed by atoms with Crippen molar-refractivity contribution in [2.45, 2.75) is 83.0 Å². The third-order valence-electron chi connectivity index (χ3n) is 5.05. The Kier molecular flexibility index (Phi) is 12.2.